The fourth-order valence-corrected chi connectivity index (χ4v) is 4.74. The maximum absolute atomic E-state index is 12.9. The van der Waals surface area contributed by atoms with Crippen LogP contribution in [0.2, 0.25) is 0 Å². The summed E-state index contributed by atoms with van der Waals surface area (Å²) in [5.41, 5.74) is 1.45. The molecule has 0 saturated carbocycles. The van der Waals surface area contributed by atoms with E-state index in [2.05, 4.69) is 20.0 Å². The Hall–Kier alpha value is -3.56. The number of piperazine rings is 1. The first-order valence-electron chi connectivity index (χ1n) is 11.3. The quantitative estimate of drug-likeness (QED) is 0.439. The number of hydrogen-bond acceptors (Lipinski definition) is 7. The van der Waals surface area contributed by atoms with Crippen molar-refractivity contribution in [3.8, 4) is 22.0 Å². The van der Waals surface area contributed by atoms with Crippen molar-refractivity contribution in [3.05, 3.63) is 81.8 Å². The monoisotopic (exact) mass is 475 g/mol. The van der Waals surface area contributed by atoms with Gasteiger partial charge in [0, 0.05) is 38.3 Å². The molecule has 1 N–H and O–H groups in total. The van der Waals surface area contributed by atoms with Gasteiger partial charge < -0.3 is 14.4 Å². The highest BCUT2D eigenvalue weighted by atomic mass is 32.1. The molecule has 0 spiro atoms. The number of amides is 1. The predicted octanol–water partition coefficient (Wildman–Crippen LogP) is 3.54. The number of nitrogens with zero attached hydrogens (tertiary/aromatic N) is 4. The molecule has 5 rings (SSSR count). The van der Waals surface area contributed by atoms with Gasteiger partial charge in [0.15, 0.2) is 0 Å². The Bertz CT molecular complexity index is 1290. The van der Waals surface area contributed by atoms with E-state index in [1.807, 2.05) is 47.8 Å². The lowest BCUT2D eigenvalue weighted by Gasteiger charge is -2.34. The van der Waals surface area contributed by atoms with Gasteiger partial charge in [-0.1, -0.05) is 41.6 Å². The number of rotatable bonds is 7. The molecule has 0 aliphatic carbocycles. The summed E-state index contributed by atoms with van der Waals surface area (Å²) in [4.78, 5) is 37.9. The normalized spacial score (nSPS) is 14.4. The van der Waals surface area contributed by atoms with Crippen molar-refractivity contribution >= 4 is 17.2 Å². The lowest BCUT2D eigenvalue weighted by molar-refractivity contribution is 0.0634. The minimum atomic E-state index is -0.352. The van der Waals surface area contributed by atoms with Gasteiger partial charge in [-0.2, -0.15) is 4.98 Å². The molecule has 1 aliphatic rings. The molecule has 34 heavy (non-hydrogen) atoms. The van der Waals surface area contributed by atoms with Crippen LogP contribution < -0.4 is 5.56 Å². The molecule has 4 aromatic rings. The van der Waals surface area contributed by atoms with E-state index in [1.165, 1.54) is 0 Å². The van der Waals surface area contributed by atoms with Gasteiger partial charge in [-0.25, -0.2) is 0 Å². The molecule has 8 nitrogen and oxygen atoms in total. The number of nitrogens with one attached hydrogen (secondary N) is 1. The van der Waals surface area contributed by atoms with Crippen molar-refractivity contribution in [2.75, 3.05) is 32.7 Å². The Morgan fingerprint density at radius 3 is 2.59 bits per heavy atom. The van der Waals surface area contributed by atoms with Gasteiger partial charge in [-0.15, -0.1) is 11.3 Å². The lowest BCUT2D eigenvalue weighted by atomic mass is 10.1. The number of carbonyl (C=O) groups is 1. The summed E-state index contributed by atoms with van der Waals surface area (Å²) in [5, 5.41) is 6.04. The Morgan fingerprint density at radius 1 is 1.03 bits per heavy atom. The number of carbonyl (C=O) groups excluding carboxylic acids is 1. The second-order valence-corrected chi connectivity index (χ2v) is 9.15. The zero-order valence-corrected chi connectivity index (χ0v) is 19.5. The smallest absolute Gasteiger partial charge is 0.261 e. The van der Waals surface area contributed by atoms with Gasteiger partial charge in [0.25, 0.3) is 11.5 Å². The highest BCUT2D eigenvalue weighted by Gasteiger charge is 2.24. The average molecular weight is 476 g/mol. The van der Waals surface area contributed by atoms with Crippen LogP contribution in [0.25, 0.3) is 22.0 Å². The molecular weight excluding hydrogens is 450 g/mol. The maximum Gasteiger partial charge on any atom is 0.261 e. The zero-order valence-electron chi connectivity index (χ0n) is 18.6. The SMILES string of the molecule is O=C(c1ccc(-c2ccccc2)[nH]c1=O)N1CCN(CCCc2nc(-c3cccs3)no2)CC1. The van der Waals surface area contributed by atoms with E-state index in [0.29, 0.717) is 30.5 Å². The molecule has 4 heterocycles. The topological polar surface area (TPSA) is 95.3 Å². The average Bonchev–Trinajstić information content (AvgIpc) is 3.57. The van der Waals surface area contributed by atoms with E-state index in [9.17, 15) is 9.59 Å². The van der Waals surface area contributed by atoms with Gasteiger partial charge in [0.1, 0.15) is 5.56 Å². The number of pyridine rings is 1. The van der Waals surface area contributed by atoms with Crippen molar-refractivity contribution in [1.29, 1.82) is 0 Å². The summed E-state index contributed by atoms with van der Waals surface area (Å²) in [6, 6.07) is 17.0. The number of hydrogen-bond donors (Lipinski definition) is 1. The molecule has 1 aromatic carbocycles. The van der Waals surface area contributed by atoms with Crippen LogP contribution in [0.5, 0.6) is 0 Å². The molecular formula is C25H25N5O3S. The summed E-state index contributed by atoms with van der Waals surface area (Å²) >= 11 is 1.59. The van der Waals surface area contributed by atoms with Crippen LogP contribution in [0.3, 0.4) is 0 Å². The van der Waals surface area contributed by atoms with E-state index in [1.54, 1.807) is 28.4 Å². The van der Waals surface area contributed by atoms with Gasteiger partial charge in [0.2, 0.25) is 11.7 Å². The van der Waals surface area contributed by atoms with Crippen molar-refractivity contribution in [2.24, 2.45) is 0 Å². The van der Waals surface area contributed by atoms with E-state index in [0.717, 1.165) is 42.9 Å². The molecule has 1 saturated heterocycles. The molecule has 0 atom stereocenters. The van der Waals surface area contributed by atoms with Gasteiger partial charge >= 0.3 is 0 Å². The third-order valence-corrected chi connectivity index (χ3v) is 6.82. The van der Waals surface area contributed by atoms with Crippen molar-refractivity contribution < 1.29 is 9.32 Å². The largest absolute Gasteiger partial charge is 0.339 e. The molecule has 0 unspecified atom stereocenters. The summed E-state index contributed by atoms with van der Waals surface area (Å²) < 4.78 is 5.36. The maximum atomic E-state index is 12.9. The van der Waals surface area contributed by atoms with E-state index in [4.69, 9.17) is 4.52 Å². The molecule has 1 aliphatic heterocycles. The third-order valence-electron chi connectivity index (χ3n) is 5.96. The number of thiophene rings is 1. The number of aromatic nitrogens is 3. The van der Waals surface area contributed by atoms with Gasteiger partial charge in [-0.05, 0) is 42.1 Å². The first-order chi connectivity index (χ1) is 16.7. The minimum absolute atomic E-state index is 0.186. The van der Waals surface area contributed by atoms with E-state index >= 15 is 0 Å². The van der Waals surface area contributed by atoms with E-state index < -0.39 is 0 Å². The number of benzene rings is 1. The minimum Gasteiger partial charge on any atom is -0.339 e. The second kappa shape index (κ2) is 10.1. The van der Waals surface area contributed by atoms with Crippen LogP contribution in [0.4, 0.5) is 0 Å². The van der Waals surface area contributed by atoms with Crippen molar-refractivity contribution in [3.63, 3.8) is 0 Å². The zero-order chi connectivity index (χ0) is 23.3. The number of aryl methyl sites for hydroxylation is 1. The fourth-order valence-electron chi connectivity index (χ4n) is 4.09. The standard InChI is InChI=1S/C25H25N5O3S/c31-24-19(10-11-20(26-24)18-6-2-1-3-7-18)25(32)30-15-13-29(14-16-30)12-4-9-22-27-23(28-33-22)21-8-5-17-34-21/h1-3,5-8,10-11,17H,4,9,12-16H2,(H,26,31). The first kappa shape index (κ1) is 22.2. The summed E-state index contributed by atoms with van der Waals surface area (Å²) in [7, 11) is 0. The van der Waals surface area contributed by atoms with Crippen LogP contribution in [-0.4, -0.2) is 63.6 Å². The highest BCUT2D eigenvalue weighted by molar-refractivity contribution is 7.13. The molecule has 9 heteroatoms. The summed E-state index contributed by atoms with van der Waals surface area (Å²) in [6.07, 6.45) is 1.63. The Morgan fingerprint density at radius 2 is 1.85 bits per heavy atom. The van der Waals surface area contributed by atoms with Gasteiger partial charge in [-0.3, -0.25) is 14.5 Å². The molecule has 0 radical (unpaired) electrons. The Labute approximate surface area is 200 Å². The fraction of sp³-hybridized carbons (Fsp3) is 0.280. The van der Waals surface area contributed by atoms with Crippen LogP contribution in [0.15, 0.2) is 69.3 Å². The first-order valence-corrected chi connectivity index (χ1v) is 12.2. The lowest BCUT2D eigenvalue weighted by Crippen LogP contribution is -2.49. The Balaban J connectivity index is 1.10. The number of H-pyrrole nitrogens is 1. The summed E-state index contributed by atoms with van der Waals surface area (Å²) in [6.45, 7) is 3.64. The van der Waals surface area contributed by atoms with Gasteiger partial charge in [0.05, 0.1) is 4.88 Å². The molecule has 1 amide bonds. The Kier molecular flexibility index (Phi) is 6.64. The van der Waals surface area contributed by atoms with E-state index in [-0.39, 0.29) is 17.0 Å². The predicted molar refractivity (Wildman–Crippen MR) is 131 cm³/mol. The molecule has 3 aromatic heterocycles. The van der Waals surface area contributed by atoms with Crippen LogP contribution in [0, 0.1) is 0 Å². The van der Waals surface area contributed by atoms with Crippen LogP contribution >= 0.6 is 11.3 Å². The molecule has 0 bridgehead atoms. The third kappa shape index (κ3) is 5.00. The van der Waals surface area contributed by atoms with Crippen LogP contribution in [0.1, 0.15) is 22.7 Å². The highest BCUT2D eigenvalue weighted by Crippen LogP contribution is 2.21. The summed E-state index contributed by atoms with van der Waals surface area (Å²) in [5.74, 6) is 1.08. The van der Waals surface area contributed by atoms with Crippen molar-refractivity contribution in [1.82, 2.24) is 24.9 Å². The second-order valence-electron chi connectivity index (χ2n) is 8.21. The van der Waals surface area contributed by atoms with Crippen LogP contribution in [-0.2, 0) is 6.42 Å². The molecule has 1 fully saturated rings. The van der Waals surface area contributed by atoms with Crippen molar-refractivity contribution in [2.45, 2.75) is 12.8 Å². The molecule has 174 valence electrons. The number of aromatic amines is 1.